The zero-order chi connectivity index (χ0) is 9.84. The fourth-order valence-corrected chi connectivity index (χ4v) is 1.33. The maximum atomic E-state index is 8.97. The number of aliphatic hydroxyl groups is 1. The van der Waals surface area contributed by atoms with Gasteiger partial charge in [0.1, 0.15) is 5.82 Å². The summed E-state index contributed by atoms with van der Waals surface area (Å²) in [6.07, 6.45) is 4.85. The molecule has 1 rings (SSSR count). The van der Waals surface area contributed by atoms with E-state index in [4.69, 9.17) is 16.7 Å². The van der Waals surface area contributed by atoms with Crippen molar-refractivity contribution in [1.29, 1.82) is 0 Å². The summed E-state index contributed by atoms with van der Waals surface area (Å²) in [6.45, 7) is 1.97. The molecule has 0 amide bonds. The molecule has 0 aliphatic carbocycles. The first-order valence-electron chi connectivity index (χ1n) is 4.19. The summed E-state index contributed by atoms with van der Waals surface area (Å²) in [4.78, 5) is 4.10. The van der Waals surface area contributed by atoms with E-state index >= 15 is 0 Å². The summed E-state index contributed by atoms with van der Waals surface area (Å²) in [5.74, 6) is 0.774. The van der Waals surface area contributed by atoms with Crippen molar-refractivity contribution in [3.05, 3.63) is 22.7 Å². The van der Waals surface area contributed by atoms with Gasteiger partial charge in [-0.1, -0.05) is 24.6 Å². The SMILES string of the molecule is CCC=Cc1nc(Cl)c(CO)n1C. The highest BCUT2D eigenvalue weighted by Crippen LogP contribution is 2.16. The molecule has 1 N–H and O–H groups in total. The van der Waals surface area contributed by atoms with Gasteiger partial charge in [-0.05, 0) is 12.5 Å². The van der Waals surface area contributed by atoms with Crippen molar-refractivity contribution < 1.29 is 5.11 Å². The van der Waals surface area contributed by atoms with E-state index < -0.39 is 0 Å². The number of allylic oxidation sites excluding steroid dienone is 1. The Balaban J connectivity index is 3.03. The lowest BCUT2D eigenvalue weighted by Gasteiger charge is -1.99. The number of aliphatic hydroxyl groups excluding tert-OH is 1. The standard InChI is InChI=1S/C9H13ClN2O/c1-3-4-5-8-11-9(10)7(6-13)12(8)2/h4-5,13H,3,6H2,1-2H3. The molecule has 3 nitrogen and oxygen atoms in total. The number of rotatable bonds is 3. The molecule has 0 radical (unpaired) electrons. The molecule has 1 heterocycles. The summed E-state index contributed by atoms with van der Waals surface area (Å²) >= 11 is 5.80. The van der Waals surface area contributed by atoms with Gasteiger partial charge in [0.25, 0.3) is 0 Å². The lowest BCUT2D eigenvalue weighted by Crippen LogP contribution is -1.98. The third-order valence-electron chi connectivity index (χ3n) is 1.85. The average molecular weight is 201 g/mol. The molecule has 1 aromatic rings. The van der Waals surface area contributed by atoms with E-state index in [1.54, 1.807) is 4.57 Å². The summed E-state index contributed by atoms with van der Waals surface area (Å²) < 4.78 is 1.79. The minimum atomic E-state index is -0.0811. The highest BCUT2D eigenvalue weighted by molar-refractivity contribution is 6.30. The fraction of sp³-hybridized carbons (Fsp3) is 0.444. The predicted octanol–water partition coefficient (Wildman–Crippen LogP) is 1.99. The molecular weight excluding hydrogens is 188 g/mol. The Morgan fingerprint density at radius 1 is 1.62 bits per heavy atom. The van der Waals surface area contributed by atoms with Crippen molar-refractivity contribution in [1.82, 2.24) is 9.55 Å². The molecule has 4 heteroatoms. The van der Waals surface area contributed by atoms with Gasteiger partial charge in [0.05, 0.1) is 12.3 Å². The van der Waals surface area contributed by atoms with Gasteiger partial charge in [-0.15, -0.1) is 0 Å². The molecule has 1 aromatic heterocycles. The van der Waals surface area contributed by atoms with Crippen molar-refractivity contribution in [3.8, 4) is 0 Å². The molecule has 0 bridgehead atoms. The smallest absolute Gasteiger partial charge is 0.153 e. The van der Waals surface area contributed by atoms with E-state index in [-0.39, 0.29) is 6.61 Å². The van der Waals surface area contributed by atoms with Crippen LogP contribution in [0.25, 0.3) is 6.08 Å². The number of hydrogen-bond acceptors (Lipinski definition) is 2. The van der Waals surface area contributed by atoms with Crippen LogP contribution in [-0.2, 0) is 13.7 Å². The molecule has 0 aliphatic rings. The largest absolute Gasteiger partial charge is 0.390 e. The summed E-state index contributed by atoms with van der Waals surface area (Å²) in [7, 11) is 1.83. The van der Waals surface area contributed by atoms with E-state index in [0.29, 0.717) is 10.8 Å². The molecule has 13 heavy (non-hydrogen) atoms. The summed E-state index contributed by atoms with van der Waals surface area (Å²) in [5, 5.41) is 9.34. The first-order chi connectivity index (χ1) is 6.20. The van der Waals surface area contributed by atoms with Gasteiger partial charge >= 0.3 is 0 Å². The van der Waals surface area contributed by atoms with Crippen LogP contribution < -0.4 is 0 Å². The van der Waals surface area contributed by atoms with Crippen molar-refractivity contribution in [2.24, 2.45) is 7.05 Å². The quantitative estimate of drug-likeness (QED) is 0.811. The number of nitrogens with zero attached hydrogens (tertiary/aromatic N) is 2. The zero-order valence-corrected chi connectivity index (χ0v) is 8.54. The van der Waals surface area contributed by atoms with E-state index in [9.17, 15) is 0 Å². The van der Waals surface area contributed by atoms with Crippen LogP contribution >= 0.6 is 11.6 Å². The van der Waals surface area contributed by atoms with Crippen LogP contribution in [0.5, 0.6) is 0 Å². The number of imidazole rings is 1. The predicted molar refractivity (Wildman–Crippen MR) is 53.5 cm³/mol. The third kappa shape index (κ3) is 2.11. The van der Waals surface area contributed by atoms with Crippen LogP contribution in [0, 0.1) is 0 Å². The van der Waals surface area contributed by atoms with Crippen LogP contribution in [0.3, 0.4) is 0 Å². The van der Waals surface area contributed by atoms with Gasteiger partial charge in [0.15, 0.2) is 5.15 Å². The zero-order valence-electron chi connectivity index (χ0n) is 7.79. The highest BCUT2D eigenvalue weighted by atomic mass is 35.5. The van der Waals surface area contributed by atoms with E-state index in [2.05, 4.69) is 4.98 Å². The normalized spacial score (nSPS) is 11.4. The summed E-state index contributed by atoms with van der Waals surface area (Å²) in [5.41, 5.74) is 0.650. The first-order valence-corrected chi connectivity index (χ1v) is 4.57. The fourth-order valence-electron chi connectivity index (χ4n) is 1.06. The maximum Gasteiger partial charge on any atom is 0.153 e. The van der Waals surface area contributed by atoms with E-state index in [0.717, 1.165) is 12.2 Å². The van der Waals surface area contributed by atoms with Gasteiger partial charge in [-0.25, -0.2) is 4.98 Å². The van der Waals surface area contributed by atoms with Gasteiger partial charge in [-0.3, -0.25) is 0 Å². The highest BCUT2D eigenvalue weighted by Gasteiger charge is 2.09. The van der Waals surface area contributed by atoms with Crippen molar-refractivity contribution in [2.75, 3.05) is 0 Å². The molecule has 0 saturated heterocycles. The molecule has 0 atom stereocenters. The lowest BCUT2D eigenvalue weighted by atomic mass is 10.4. The Morgan fingerprint density at radius 2 is 2.31 bits per heavy atom. The third-order valence-corrected chi connectivity index (χ3v) is 2.15. The van der Waals surface area contributed by atoms with Gasteiger partial charge in [0, 0.05) is 7.05 Å². The molecule has 0 unspecified atom stereocenters. The van der Waals surface area contributed by atoms with Crippen molar-refractivity contribution in [3.63, 3.8) is 0 Å². The summed E-state index contributed by atoms with van der Waals surface area (Å²) in [6, 6.07) is 0. The van der Waals surface area contributed by atoms with E-state index in [1.165, 1.54) is 0 Å². The van der Waals surface area contributed by atoms with E-state index in [1.807, 2.05) is 26.1 Å². The Morgan fingerprint density at radius 3 is 2.77 bits per heavy atom. The van der Waals surface area contributed by atoms with Crippen LogP contribution in [0.15, 0.2) is 6.08 Å². The topological polar surface area (TPSA) is 38.1 Å². The Kier molecular flexibility index (Phi) is 3.51. The van der Waals surface area contributed by atoms with Crippen LogP contribution in [0.2, 0.25) is 5.15 Å². The molecule has 0 aliphatic heterocycles. The second-order valence-corrected chi connectivity index (χ2v) is 3.09. The Hall–Kier alpha value is -0.800. The second kappa shape index (κ2) is 4.44. The van der Waals surface area contributed by atoms with Crippen molar-refractivity contribution >= 4 is 17.7 Å². The van der Waals surface area contributed by atoms with Crippen LogP contribution in [-0.4, -0.2) is 14.7 Å². The van der Waals surface area contributed by atoms with Crippen molar-refractivity contribution in [2.45, 2.75) is 20.0 Å². The molecule has 0 saturated carbocycles. The maximum absolute atomic E-state index is 8.97. The Bertz CT molecular complexity index is 318. The average Bonchev–Trinajstić information content (AvgIpc) is 2.38. The number of hydrogen-bond donors (Lipinski definition) is 1. The Labute approximate surface area is 82.7 Å². The monoisotopic (exact) mass is 200 g/mol. The van der Waals surface area contributed by atoms with Gasteiger partial charge in [-0.2, -0.15) is 0 Å². The lowest BCUT2D eigenvalue weighted by molar-refractivity contribution is 0.272. The molecule has 0 aromatic carbocycles. The molecule has 0 spiro atoms. The van der Waals surface area contributed by atoms with Gasteiger partial charge in [0.2, 0.25) is 0 Å². The van der Waals surface area contributed by atoms with Crippen LogP contribution in [0.1, 0.15) is 24.9 Å². The minimum Gasteiger partial charge on any atom is -0.390 e. The number of aromatic nitrogens is 2. The second-order valence-electron chi connectivity index (χ2n) is 2.74. The molecular formula is C9H13ClN2O. The van der Waals surface area contributed by atoms with Gasteiger partial charge < -0.3 is 9.67 Å². The minimum absolute atomic E-state index is 0.0811. The first kappa shape index (κ1) is 10.3. The van der Waals surface area contributed by atoms with Crippen LogP contribution in [0.4, 0.5) is 0 Å². The molecule has 0 fully saturated rings. The number of halogens is 1. The molecule has 72 valence electrons.